The third-order valence-electron chi connectivity index (χ3n) is 4.87. The Morgan fingerprint density at radius 1 is 1.24 bits per heavy atom. The average molecular weight is 359 g/mol. The molecule has 21 heavy (non-hydrogen) atoms. The Hall–Kier alpha value is -0.520. The molecule has 2 heterocycles. The average Bonchev–Trinajstić information content (AvgIpc) is 2.82. The monoisotopic (exact) mass is 358 g/mol. The molecule has 2 saturated heterocycles. The van der Waals surface area contributed by atoms with Gasteiger partial charge in [0.2, 0.25) is 0 Å². The van der Waals surface area contributed by atoms with Crippen molar-refractivity contribution in [1.82, 2.24) is 10.2 Å². The molecule has 0 spiro atoms. The summed E-state index contributed by atoms with van der Waals surface area (Å²) >= 11 is 3.15. The van der Waals surface area contributed by atoms with Gasteiger partial charge in [-0.05, 0) is 60.3 Å². The molecule has 0 aromatic heterocycles. The van der Waals surface area contributed by atoms with Gasteiger partial charge in [-0.3, -0.25) is 4.90 Å². The molecule has 0 aliphatic carbocycles. The van der Waals surface area contributed by atoms with E-state index in [0.717, 1.165) is 19.4 Å². The summed E-state index contributed by atoms with van der Waals surface area (Å²) in [7, 11) is 0. The predicted molar refractivity (Wildman–Crippen MR) is 83.1 cm³/mol. The smallest absolute Gasteiger partial charge is 0.144 e. The SMILES string of the molecule is CCN(Cc1c(F)ccc(Br)c1F)C1CC2CCC(C1)N2. The van der Waals surface area contributed by atoms with Crippen molar-refractivity contribution in [2.75, 3.05) is 6.54 Å². The number of nitrogens with zero attached hydrogens (tertiary/aromatic N) is 1. The Bertz CT molecular complexity index is 511. The summed E-state index contributed by atoms with van der Waals surface area (Å²) < 4.78 is 28.5. The first-order valence-corrected chi connectivity index (χ1v) is 8.50. The summed E-state index contributed by atoms with van der Waals surface area (Å²) in [6, 6.07) is 4.35. The molecular formula is C16H21BrF2N2. The number of hydrogen-bond donors (Lipinski definition) is 1. The Labute approximate surface area is 133 Å². The molecule has 0 amide bonds. The third kappa shape index (κ3) is 3.15. The van der Waals surface area contributed by atoms with E-state index in [2.05, 4.69) is 33.1 Å². The zero-order valence-electron chi connectivity index (χ0n) is 12.2. The van der Waals surface area contributed by atoms with E-state index in [4.69, 9.17) is 0 Å². The molecule has 116 valence electrons. The van der Waals surface area contributed by atoms with Crippen LogP contribution in [-0.2, 0) is 6.54 Å². The number of halogens is 3. The maximum absolute atomic E-state index is 14.2. The van der Waals surface area contributed by atoms with Crippen LogP contribution in [-0.4, -0.2) is 29.6 Å². The molecule has 5 heteroatoms. The van der Waals surface area contributed by atoms with E-state index >= 15 is 0 Å². The first kappa shape index (κ1) is 15.4. The van der Waals surface area contributed by atoms with Crippen LogP contribution in [0.25, 0.3) is 0 Å². The van der Waals surface area contributed by atoms with Crippen LogP contribution >= 0.6 is 15.9 Å². The van der Waals surface area contributed by atoms with Gasteiger partial charge in [-0.25, -0.2) is 8.78 Å². The van der Waals surface area contributed by atoms with Gasteiger partial charge in [-0.1, -0.05) is 6.92 Å². The van der Waals surface area contributed by atoms with Gasteiger partial charge in [-0.2, -0.15) is 0 Å². The lowest BCUT2D eigenvalue weighted by molar-refractivity contribution is 0.137. The lowest BCUT2D eigenvalue weighted by Crippen LogP contribution is -2.48. The highest BCUT2D eigenvalue weighted by molar-refractivity contribution is 9.10. The fourth-order valence-corrected chi connectivity index (χ4v) is 4.11. The van der Waals surface area contributed by atoms with Crippen LogP contribution in [0.2, 0.25) is 0 Å². The molecule has 2 nitrogen and oxygen atoms in total. The van der Waals surface area contributed by atoms with E-state index in [1.807, 2.05) is 0 Å². The van der Waals surface area contributed by atoms with Crippen LogP contribution in [0.3, 0.4) is 0 Å². The molecule has 0 radical (unpaired) electrons. The Morgan fingerprint density at radius 3 is 2.52 bits per heavy atom. The molecule has 2 aliphatic heterocycles. The van der Waals surface area contributed by atoms with Crippen molar-refractivity contribution in [2.24, 2.45) is 0 Å². The van der Waals surface area contributed by atoms with Gasteiger partial charge in [0.15, 0.2) is 0 Å². The number of benzene rings is 1. The Kier molecular flexibility index (Phi) is 4.62. The number of fused-ring (bicyclic) bond motifs is 2. The van der Waals surface area contributed by atoms with Crippen LogP contribution in [0.1, 0.15) is 38.2 Å². The summed E-state index contributed by atoms with van der Waals surface area (Å²) in [5.74, 6) is -0.920. The van der Waals surface area contributed by atoms with Gasteiger partial charge >= 0.3 is 0 Å². The van der Waals surface area contributed by atoms with E-state index in [-0.39, 0.29) is 5.56 Å². The van der Waals surface area contributed by atoms with E-state index < -0.39 is 11.6 Å². The normalized spacial score (nSPS) is 28.3. The molecule has 1 N–H and O–H groups in total. The third-order valence-corrected chi connectivity index (χ3v) is 5.48. The van der Waals surface area contributed by atoms with Crippen molar-refractivity contribution in [3.63, 3.8) is 0 Å². The highest BCUT2D eigenvalue weighted by Crippen LogP contribution is 2.31. The van der Waals surface area contributed by atoms with Crippen LogP contribution < -0.4 is 5.32 Å². The van der Waals surface area contributed by atoms with Gasteiger partial charge in [0, 0.05) is 30.2 Å². The van der Waals surface area contributed by atoms with Crippen LogP contribution in [0.15, 0.2) is 16.6 Å². The zero-order chi connectivity index (χ0) is 15.0. The fourth-order valence-electron chi connectivity index (χ4n) is 3.74. The maximum Gasteiger partial charge on any atom is 0.144 e. The highest BCUT2D eigenvalue weighted by Gasteiger charge is 2.36. The van der Waals surface area contributed by atoms with Crippen molar-refractivity contribution in [1.29, 1.82) is 0 Å². The summed E-state index contributed by atoms with van der Waals surface area (Å²) in [6.45, 7) is 3.23. The first-order valence-electron chi connectivity index (χ1n) is 7.71. The van der Waals surface area contributed by atoms with Crippen molar-refractivity contribution >= 4 is 15.9 Å². The molecule has 1 aromatic rings. The standard InChI is InChI=1S/C16H21BrF2N2/c1-2-21(12-7-10-3-4-11(8-12)20-10)9-13-15(18)6-5-14(17)16(13)19/h5-6,10-12,20H,2-4,7-9H2,1H3. The number of nitrogens with one attached hydrogen (secondary N) is 1. The Balaban J connectivity index is 1.77. The number of rotatable bonds is 4. The quantitative estimate of drug-likeness (QED) is 0.822. The number of hydrogen-bond acceptors (Lipinski definition) is 2. The Morgan fingerprint density at radius 2 is 1.90 bits per heavy atom. The highest BCUT2D eigenvalue weighted by atomic mass is 79.9. The second kappa shape index (κ2) is 6.31. The largest absolute Gasteiger partial charge is 0.311 e. The molecule has 2 unspecified atom stereocenters. The van der Waals surface area contributed by atoms with Crippen molar-refractivity contribution in [3.05, 3.63) is 33.8 Å². The second-order valence-corrected chi connectivity index (χ2v) is 7.00. The van der Waals surface area contributed by atoms with Crippen LogP contribution in [0.5, 0.6) is 0 Å². The first-order chi connectivity index (χ1) is 10.1. The molecule has 3 rings (SSSR count). The van der Waals surface area contributed by atoms with Gasteiger partial charge in [0.05, 0.1) is 4.47 Å². The van der Waals surface area contributed by atoms with E-state index in [1.165, 1.54) is 25.0 Å². The molecule has 2 atom stereocenters. The van der Waals surface area contributed by atoms with Gasteiger partial charge in [0.25, 0.3) is 0 Å². The van der Waals surface area contributed by atoms with Crippen LogP contribution in [0.4, 0.5) is 8.78 Å². The lowest BCUT2D eigenvalue weighted by atomic mass is 9.97. The van der Waals surface area contributed by atoms with Crippen molar-refractivity contribution < 1.29 is 8.78 Å². The molecule has 2 fully saturated rings. The molecule has 2 aliphatic rings. The van der Waals surface area contributed by atoms with Gasteiger partial charge < -0.3 is 5.32 Å². The van der Waals surface area contributed by atoms with Gasteiger partial charge in [-0.15, -0.1) is 0 Å². The minimum atomic E-state index is -0.467. The predicted octanol–water partition coefficient (Wildman–Crippen LogP) is 3.83. The van der Waals surface area contributed by atoms with E-state index in [1.54, 1.807) is 0 Å². The summed E-state index contributed by atoms with van der Waals surface area (Å²) in [5, 5.41) is 3.61. The molecule has 2 bridgehead atoms. The lowest BCUT2D eigenvalue weighted by Gasteiger charge is -2.37. The van der Waals surface area contributed by atoms with Crippen molar-refractivity contribution in [3.8, 4) is 0 Å². The van der Waals surface area contributed by atoms with Crippen molar-refractivity contribution in [2.45, 2.75) is 57.3 Å². The topological polar surface area (TPSA) is 15.3 Å². The van der Waals surface area contributed by atoms with E-state index in [9.17, 15) is 8.78 Å². The summed E-state index contributed by atoms with van der Waals surface area (Å²) in [4.78, 5) is 2.22. The summed E-state index contributed by atoms with van der Waals surface area (Å²) in [6.07, 6.45) is 4.64. The second-order valence-electron chi connectivity index (χ2n) is 6.15. The minimum Gasteiger partial charge on any atom is -0.311 e. The minimum absolute atomic E-state index is 0.178. The molecule has 0 saturated carbocycles. The zero-order valence-corrected chi connectivity index (χ0v) is 13.8. The number of piperidine rings is 1. The van der Waals surface area contributed by atoms with Crippen LogP contribution in [0, 0.1) is 11.6 Å². The fraction of sp³-hybridized carbons (Fsp3) is 0.625. The maximum atomic E-state index is 14.2. The molecular weight excluding hydrogens is 338 g/mol. The summed E-state index contributed by atoms with van der Waals surface area (Å²) in [5.41, 5.74) is 0.178. The van der Waals surface area contributed by atoms with Gasteiger partial charge in [0.1, 0.15) is 11.6 Å². The molecule has 1 aromatic carbocycles. The van der Waals surface area contributed by atoms with E-state index in [0.29, 0.717) is 29.1 Å².